The van der Waals surface area contributed by atoms with Gasteiger partial charge in [0, 0.05) is 5.56 Å². The molecule has 0 radical (unpaired) electrons. The summed E-state index contributed by atoms with van der Waals surface area (Å²) in [4.78, 5) is 0. The molecule has 0 aliphatic rings. The quantitative estimate of drug-likeness (QED) is 0.704. The number of nitrogens with zero attached hydrogens (tertiary/aromatic N) is 4. The average molecular weight is 237 g/mol. The normalized spacial score (nSPS) is 12.3. The average Bonchev–Trinajstić information content (AvgIpc) is 2.50. The number of hydrogen-bond donors (Lipinski definition) is 0. The Morgan fingerprint density at radius 3 is 2.67 bits per heavy atom. The first kappa shape index (κ1) is 10.2. The Bertz CT molecular complexity index is 519. The van der Waals surface area contributed by atoms with E-state index in [-0.39, 0.29) is 16.4 Å². The summed E-state index contributed by atoms with van der Waals surface area (Å²) in [6, 6.07) is 0. The summed E-state index contributed by atoms with van der Waals surface area (Å²) in [5.74, 6) is 0. The Hall–Kier alpha value is -1.37. The molecule has 2 rings (SSSR count). The summed E-state index contributed by atoms with van der Waals surface area (Å²) in [5.41, 5.74) is -1.39. The Morgan fingerprint density at radius 1 is 1.40 bits per heavy atom. The molecule has 4 nitrogen and oxygen atoms in total. The fourth-order valence-corrected chi connectivity index (χ4v) is 1.42. The minimum Gasteiger partial charge on any atom is -0.198 e. The van der Waals surface area contributed by atoms with Crippen molar-refractivity contribution in [3.63, 3.8) is 0 Å². The molecular formula is C7H4ClF3N4. The highest BCUT2D eigenvalue weighted by Crippen LogP contribution is 2.35. The molecule has 2 heterocycles. The zero-order valence-electron chi connectivity index (χ0n) is 7.38. The van der Waals surface area contributed by atoms with Crippen LogP contribution in [0, 0.1) is 6.92 Å². The van der Waals surface area contributed by atoms with Crippen LogP contribution in [0.1, 0.15) is 11.1 Å². The van der Waals surface area contributed by atoms with Crippen molar-refractivity contribution in [2.75, 3.05) is 0 Å². The van der Waals surface area contributed by atoms with Gasteiger partial charge >= 0.3 is 6.18 Å². The van der Waals surface area contributed by atoms with E-state index in [0.29, 0.717) is 0 Å². The maximum Gasteiger partial charge on any atom is 0.420 e. The summed E-state index contributed by atoms with van der Waals surface area (Å²) in [5, 5.41) is 10.2. The van der Waals surface area contributed by atoms with E-state index in [4.69, 9.17) is 11.6 Å². The fourth-order valence-electron chi connectivity index (χ4n) is 1.25. The highest BCUT2D eigenvalue weighted by atomic mass is 35.5. The molecule has 0 bridgehead atoms. The molecule has 15 heavy (non-hydrogen) atoms. The molecule has 0 spiro atoms. The van der Waals surface area contributed by atoms with Gasteiger partial charge in [0.25, 0.3) is 0 Å². The summed E-state index contributed by atoms with van der Waals surface area (Å²) in [7, 11) is 0. The molecule has 0 N–H and O–H groups in total. The van der Waals surface area contributed by atoms with Crippen LogP contribution in [0.4, 0.5) is 13.2 Å². The lowest BCUT2D eigenvalue weighted by Gasteiger charge is -2.11. The first-order chi connectivity index (χ1) is 6.91. The van der Waals surface area contributed by atoms with E-state index < -0.39 is 11.7 Å². The molecule has 0 amide bonds. The van der Waals surface area contributed by atoms with Gasteiger partial charge in [-0.15, -0.1) is 10.2 Å². The summed E-state index contributed by atoms with van der Waals surface area (Å²) >= 11 is 5.57. The number of halogens is 4. The molecule has 0 aliphatic carbocycles. The molecular weight excluding hydrogens is 233 g/mol. The van der Waals surface area contributed by atoms with E-state index >= 15 is 0 Å². The van der Waals surface area contributed by atoms with Crippen LogP contribution in [0.25, 0.3) is 5.65 Å². The highest BCUT2D eigenvalue weighted by molar-refractivity contribution is 6.30. The van der Waals surface area contributed by atoms with Gasteiger partial charge in [0.2, 0.25) is 0 Å². The van der Waals surface area contributed by atoms with Crippen LogP contribution < -0.4 is 0 Å². The maximum atomic E-state index is 12.7. The largest absolute Gasteiger partial charge is 0.420 e. The molecule has 8 heteroatoms. The highest BCUT2D eigenvalue weighted by Gasteiger charge is 2.37. The number of rotatable bonds is 0. The van der Waals surface area contributed by atoms with Crippen LogP contribution >= 0.6 is 11.6 Å². The number of fused-ring (bicyclic) bond motifs is 1. The van der Waals surface area contributed by atoms with E-state index in [2.05, 4.69) is 15.3 Å². The Morgan fingerprint density at radius 2 is 2.07 bits per heavy atom. The predicted octanol–water partition coefficient (Wildman–Crippen LogP) is 2.10. The summed E-state index contributed by atoms with van der Waals surface area (Å²) in [6.07, 6.45) is -3.46. The van der Waals surface area contributed by atoms with Crippen LogP contribution in [0.2, 0.25) is 5.15 Å². The molecule has 0 saturated carbocycles. The van der Waals surface area contributed by atoms with Crippen molar-refractivity contribution >= 4 is 17.2 Å². The first-order valence-electron chi connectivity index (χ1n) is 3.84. The van der Waals surface area contributed by atoms with E-state index in [1.807, 2.05) is 0 Å². The molecule has 0 fully saturated rings. The molecule has 80 valence electrons. The molecule has 0 aromatic carbocycles. The van der Waals surface area contributed by atoms with E-state index in [9.17, 15) is 13.2 Å². The third-order valence-electron chi connectivity index (χ3n) is 1.92. The molecule has 0 aliphatic heterocycles. The van der Waals surface area contributed by atoms with E-state index in [0.717, 1.165) is 10.8 Å². The summed E-state index contributed by atoms with van der Waals surface area (Å²) < 4.78 is 38.9. The predicted molar refractivity (Wildman–Crippen MR) is 45.5 cm³/mol. The second-order valence-corrected chi connectivity index (χ2v) is 3.25. The second-order valence-electron chi connectivity index (χ2n) is 2.89. The molecule has 0 unspecified atom stereocenters. The maximum absolute atomic E-state index is 12.7. The Kier molecular flexibility index (Phi) is 2.07. The van der Waals surface area contributed by atoms with Gasteiger partial charge in [0.1, 0.15) is 11.9 Å². The van der Waals surface area contributed by atoms with Crippen LogP contribution in [0.15, 0.2) is 6.33 Å². The van der Waals surface area contributed by atoms with Gasteiger partial charge in [-0.2, -0.15) is 22.8 Å². The van der Waals surface area contributed by atoms with Crippen molar-refractivity contribution in [3.05, 3.63) is 22.6 Å². The van der Waals surface area contributed by atoms with Gasteiger partial charge in [-0.05, 0) is 6.92 Å². The number of alkyl halides is 3. The van der Waals surface area contributed by atoms with Gasteiger partial charge in [-0.3, -0.25) is 0 Å². The van der Waals surface area contributed by atoms with Crippen LogP contribution in [-0.2, 0) is 6.18 Å². The van der Waals surface area contributed by atoms with E-state index in [1.165, 1.54) is 6.92 Å². The minimum atomic E-state index is -4.52. The molecule has 2 aromatic rings. The van der Waals surface area contributed by atoms with Crippen molar-refractivity contribution in [2.45, 2.75) is 13.1 Å². The monoisotopic (exact) mass is 236 g/mol. The molecule has 2 aromatic heterocycles. The zero-order valence-corrected chi connectivity index (χ0v) is 8.13. The zero-order chi connectivity index (χ0) is 11.2. The third kappa shape index (κ3) is 1.52. The van der Waals surface area contributed by atoms with Gasteiger partial charge in [-0.1, -0.05) is 11.6 Å². The fraction of sp³-hybridized carbons (Fsp3) is 0.286. The van der Waals surface area contributed by atoms with Crippen LogP contribution in [-0.4, -0.2) is 19.8 Å². The second kappa shape index (κ2) is 3.06. The molecule has 0 saturated heterocycles. The van der Waals surface area contributed by atoms with Gasteiger partial charge < -0.3 is 0 Å². The van der Waals surface area contributed by atoms with Crippen molar-refractivity contribution in [1.29, 1.82) is 0 Å². The minimum absolute atomic E-state index is 0.148. The van der Waals surface area contributed by atoms with Gasteiger partial charge in [0.15, 0.2) is 10.8 Å². The van der Waals surface area contributed by atoms with Crippen LogP contribution in [0.5, 0.6) is 0 Å². The Balaban J connectivity index is 2.90. The number of aromatic nitrogens is 4. The smallest absolute Gasteiger partial charge is 0.198 e. The van der Waals surface area contributed by atoms with Gasteiger partial charge in [-0.25, -0.2) is 0 Å². The Labute approximate surface area is 86.7 Å². The lowest BCUT2D eigenvalue weighted by molar-refractivity contribution is -0.137. The van der Waals surface area contributed by atoms with Crippen molar-refractivity contribution in [2.24, 2.45) is 0 Å². The van der Waals surface area contributed by atoms with Crippen molar-refractivity contribution in [1.82, 2.24) is 19.8 Å². The SMILES string of the molecule is Cc1c(Cl)nn2cnnc2c1C(F)(F)F. The topological polar surface area (TPSA) is 43.1 Å². The van der Waals surface area contributed by atoms with Crippen molar-refractivity contribution < 1.29 is 13.2 Å². The third-order valence-corrected chi connectivity index (χ3v) is 2.28. The first-order valence-corrected chi connectivity index (χ1v) is 4.22. The molecule has 0 atom stereocenters. The standard InChI is InChI=1S/C7H4ClF3N4/c1-3-4(7(9,10)11)6-13-12-2-15(6)14-5(3)8/h2H,1H3. The lowest BCUT2D eigenvalue weighted by atomic mass is 10.2. The number of hydrogen-bond acceptors (Lipinski definition) is 3. The summed E-state index contributed by atoms with van der Waals surface area (Å²) in [6.45, 7) is 1.24. The van der Waals surface area contributed by atoms with E-state index in [1.54, 1.807) is 0 Å². The lowest BCUT2D eigenvalue weighted by Crippen LogP contribution is -2.12. The van der Waals surface area contributed by atoms with Gasteiger partial charge in [0.05, 0.1) is 0 Å². The van der Waals surface area contributed by atoms with Crippen LogP contribution in [0.3, 0.4) is 0 Å². The van der Waals surface area contributed by atoms with Crippen molar-refractivity contribution in [3.8, 4) is 0 Å².